The van der Waals surface area contributed by atoms with Crippen molar-refractivity contribution in [1.82, 2.24) is 9.97 Å². The Balaban J connectivity index is 1.84. The Labute approximate surface area is 120 Å². The highest BCUT2D eigenvalue weighted by Crippen LogP contribution is 2.17. The molecule has 0 saturated heterocycles. The molecule has 20 heavy (non-hydrogen) atoms. The van der Waals surface area contributed by atoms with Gasteiger partial charge in [0.2, 0.25) is 0 Å². The largest absolute Gasteiger partial charge is 0.492 e. The van der Waals surface area contributed by atoms with Crippen molar-refractivity contribution in [2.45, 2.75) is 32.6 Å². The molecule has 1 heterocycles. The third kappa shape index (κ3) is 4.47. The zero-order chi connectivity index (χ0) is 14.0. The monoisotopic (exact) mass is 268 g/mol. The van der Waals surface area contributed by atoms with Gasteiger partial charge in [0, 0.05) is 18.3 Å². The highest BCUT2D eigenvalue weighted by Gasteiger charge is 2.00. The zero-order valence-electron chi connectivity index (χ0n) is 11.9. The number of aromatic amines is 1. The third-order valence-electron chi connectivity index (χ3n) is 2.89. The Bertz CT molecular complexity index is 564. The van der Waals surface area contributed by atoms with E-state index in [9.17, 15) is 0 Å². The van der Waals surface area contributed by atoms with Crippen molar-refractivity contribution in [2.24, 2.45) is 0 Å². The first-order chi connectivity index (χ1) is 9.90. The molecule has 0 fully saturated rings. The molecule has 0 atom stereocenters. The molecule has 2 aromatic rings. The summed E-state index contributed by atoms with van der Waals surface area (Å²) >= 11 is 0. The van der Waals surface area contributed by atoms with Crippen LogP contribution in [0.2, 0.25) is 0 Å². The van der Waals surface area contributed by atoms with Crippen LogP contribution < -0.4 is 4.74 Å². The fourth-order valence-corrected chi connectivity index (χ4v) is 1.84. The van der Waals surface area contributed by atoms with Gasteiger partial charge >= 0.3 is 0 Å². The number of rotatable bonds is 6. The van der Waals surface area contributed by atoms with E-state index >= 15 is 0 Å². The molecular weight excluding hydrogens is 248 g/mol. The average molecular weight is 268 g/mol. The van der Waals surface area contributed by atoms with Gasteiger partial charge in [-0.25, -0.2) is 4.98 Å². The first-order valence-electron chi connectivity index (χ1n) is 7.08. The molecule has 0 bridgehead atoms. The molecule has 0 spiro atoms. The Morgan fingerprint density at radius 3 is 3.00 bits per heavy atom. The quantitative estimate of drug-likeness (QED) is 0.642. The fraction of sp³-hybridized carbons (Fsp3) is 0.353. The van der Waals surface area contributed by atoms with Crippen molar-refractivity contribution >= 4 is 0 Å². The van der Waals surface area contributed by atoms with Gasteiger partial charge in [0.25, 0.3) is 0 Å². The fourth-order valence-electron chi connectivity index (χ4n) is 1.84. The van der Waals surface area contributed by atoms with Gasteiger partial charge < -0.3 is 9.72 Å². The number of H-pyrrole nitrogens is 1. The standard InChI is InChI=1S/C17H20N2O/c1-2-3-4-8-15-9-5-6-11-17(15)20-12-7-10-16-13-18-14-19-16/h5-6,9,11,13-14H,2-3,7,10,12H2,1H3,(H,18,19). The second-order valence-corrected chi connectivity index (χ2v) is 4.58. The van der Waals surface area contributed by atoms with E-state index in [0.717, 1.165) is 42.7 Å². The minimum absolute atomic E-state index is 0.686. The third-order valence-corrected chi connectivity index (χ3v) is 2.89. The van der Waals surface area contributed by atoms with E-state index in [0.29, 0.717) is 6.61 Å². The van der Waals surface area contributed by atoms with Crippen LogP contribution in [0.25, 0.3) is 0 Å². The highest BCUT2D eigenvalue weighted by atomic mass is 16.5. The topological polar surface area (TPSA) is 37.9 Å². The molecular formula is C17H20N2O. The maximum Gasteiger partial charge on any atom is 0.134 e. The van der Waals surface area contributed by atoms with Crippen molar-refractivity contribution in [1.29, 1.82) is 0 Å². The summed E-state index contributed by atoms with van der Waals surface area (Å²) in [5.74, 6) is 7.21. The number of nitrogens with zero attached hydrogens (tertiary/aromatic N) is 1. The highest BCUT2D eigenvalue weighted by molar-refractivity contribution is 5.45. The zero-order valence-corrected chi connectivity index (χ0v) is 11.9. The number of aryl methyl sites for hydroxylation is 1. The molecule has 1 N–H and O–H groups in total. The summed E-state index contributed by atoms with van der Waals surface area (Å²) in [7, 11) is 0. The number of hydrogen-bond acceptors (Lipinski definition) is 2. The Morgan fingerprint density at radius 1 is 1.30 bits per heavy atom. The average Bonchev–Trinajstić information content (AvgIpc) is 2.98. The van der Waals surface area contributed by atoms with Crippen LogP contribution in [0.4, 0.5) is 0 Å². The molecule has 0 aliphatic rings. The van der Waals surface area contributed by atoms with E-state index in [2.05, 4.69) is 28.7 Å². The van der Waals surface area contributed by atoms with Crippen LogP contribution in [0.15, 0.2) is 36.8 Å². The predicted molar refractivity (Wildman–Crippen MR) is 80.6 cm³/mol. The van der Waals surface area contributed by atoms with Crippen molar-refractivity contribution in [3.8, 4) is 17.6 Å². The van der Waals surface area contributed by atoms with E-state index < -0.39 is 0 Å². The number of para-hydroxylation sites is 1. The van der Waals surface area contributed by atoms with Crippen LogP contribution in [0.1, 0.15) is 37.4 Å². The van der Waals surface area contributed by atoms with E-state index in [1.165, 1.54) is 0 Å². The maximum atomic E-state index is 5.83. The number of unbranched alkanes of at least 4 members (excludes halogenated alkanes) is 1. The van der Waals surface area contributed by atoms with Crippen molar-refractivity contribution in [3.63, 3.8) is 0 Å². The summed E-state index contributed by atoms with van der Waals surface area (Å²) in [6.07, 6.45) is 7.47. The normalized spacial score (nSPS) is 9.85. The summed E-state index contributed by atoms with van der Waals surface area (Å²) in [5, 5.41) is 0. The van der Waals surface area contributed by atoms with Gasteiger partial charge in [0.1, 0.15) is 5.75 Å². The predicted octanol–water partition coefficient (Wildman–Crippen LogP) is 3.57. The molecule has 0 radical (unpaired) electrons. The lowest BCUT2D eigenvalue weighted by Gasteiger charge is -2.07. The molecule has 0 amide bonds. The summed E-state index contributed by atoms with van der Waals surface area (Å²) in [6, 6.07) is 7.96. The Hall–Kier alpha value is -2.21. The van der Waals surface area contributed by atoms with Crippen LogP contribution in [-0.2, 0) is 6.42 Å². The van der Waals surface area contributed by atoms with Gasteiger partial charge in [0.15, 0.2) is 0 Å². The minimum Gasteiger partial charge on any atom is -0.492 e. The van der Waals surface area contributed by atoms with Crippen LogP contribution in [-0.4, -0.2) is 16.6 Å². The second kappa shape index (κ2) is 8.06. The van der Waals surface area contributed by atoms with Gasteiger partial charge in [-0.15, -0.1) is 0 Å². The van der Waals surface area contributed by atoms with Gasteiger partial charge in [-0.05, 0) is 31.4 Å². The number of benzene rings is 1. The van der Waals surface area contributed by atoms with Gasteiger partial charge in [0.05, 0.1) is 18.5 Å². The van der Waals surface area contributed by atoms with Crippen molar-refractivity contribution in [3.05, 3.63) is 48.0 Å². The number of imidazole rings is 1. The number of ether oxygens (including phenoxy) is 1. The Kier molecular flexibility index (Phi) is 5.72. The summed E-state index contributed by atoms with van der Waals surface area (Å²) in [4.78, 5) is 7.09. The molecule has 1 aromatic carbocycles. The SMILES string of the molecule is CCCC#Cc1ccccc1OCCCc1cnc[nH]1. The summed E-state index contributed by atoms with van der Waals surface area (Å²) in [6.45, 7) is 2.82. The summed E-state index contributed by atoms with van der Waals surface area (Å²) < 4.78 is 5.83. The Morgan fingerprint density at radius 2 is 2.20 bits per heavy atom. The molecule has 0 aliphatic carbocycles. The number of nitrogens with one attached hydrogen (secondary N) is 1. The van der Waals surface area contributed by atoms with Gasteiger partial charge in [-0.3, -0.25) is 0 Å². The molecule has 0 unspecified atom stereocenters. The molecule has 3 heteroatoms. The molecule has 104 valence electrons. The molecule has 2 rings (SSSR count). The lowest BCUT2D eigenvalue weighted by molar-refractivity contribution is 0.310. The number of hydrogen-bond donors (Lipinski definition) is 1. The minimum atomic E-state index is 0.686. The molecule has 1 aromatic heterocycles. The van der Waals surface area contributed by atoms with Crippen LogP contribution in [0.3, 0.4) is 0 Å². The lowest BCUT2D eigenvalue weighted by atomic mass is 10.2. The van der Waals surface area contributed by atoms with E-state index in [4.69, 9.17) is 4.74 Å². The van der Waals surface area contributed by atoms with E-state index in [1.54, 1.807) is 6.33 Å². The molecule has 0 aliphatic heterocycles. The van der Waals surface area contributed by atoms with E-state index in [-0.39, 0.29) is 0 Å². The molecule has 3 nitrogen and oxygen atoms in total. The van der Waals surface area contributed by atoms with Crippen molar-refractivity contribution in [2.75, 3.05) is 6.61 Å². The van der Waals surface area contributed by atoms with Gasteiger partial charge in [-0.2, -0.15) is 0 Å². The second-order valence-electron chi connectivity index (χ2n) is 4.58. The maximum absolute atomic E-state index is 5.83. The lowest BCUT2D eigenvalue weighted by Crippen LogP contribution is -2.01. The van der Waals surface area contributed by atoms with Gasteiger partial charge in [-0.1, -0.05) is 30.9 Å². The van der Waals surface area contributed by atoms with Crippen LogP contribution in [0.5, 0.6) is 5.75 Å². The summed E-state index contributed by atoms with van der Waals surface area (Å²) in [5.41, 5.74) is 2.12. The van der Waals surface area contributed by atoms with Crippen LogP contribution >= 0.6 is 0 Å². The number of aromatic nitrogens is 2. The first-order valence-corrected chi connectivity index (χ1v) is 7.08. The van der Waals surface area contributed by atoms with Crippen LogP contribution in [0, 0.1) is 11.8 Å². The first kappa shape index (κ1) is 14.2. The van der Waals surface area contributed by atoms with Crippen molar-refractivity contribution < 1.29 is 4.74 Å². The smallest absolute Gasteiger partial charge is 0.134 e. The van der Waals surface area contributed by atoms with E-state index in [1.807, 2.05) is 30.5 Å². The molecule has 0 saturated carbocycles.